The number of Topliss-reactive ketones (excluding diaryl/α,β-unsaturated/α-hetero) is 1. The van der Waals surface area contributed by atoms with Crippen molar-refractivity contribution in [3.05, 3.63) is 107 Å². The van der Waals surface area contributed by atoms with Crippen LogP contribution in [0.15, 0.2) is 84.9 Å². The van der Waals surface area contributed by atoms with Crippen LogP contribution < -0.4 is 0 Å². The van der Waals surface area contributed by atoms with Crippen molar-refractivity contribution in [3.63, 3.8) is 0 Å². The van der Waals surface area contributed by atoms with Crippen molar-refractivity contribution < 1.29 is 4.79 Å². The molecule has 0 saturated carbocycles. The Bertz CT molecular complexity index is 873. The molecule has 4 rings (SSSR count). The second-order valence-electron chi connectivity index (χ2n) is 6.91. The predicted molar refractivity (Wildman–Crippen MR) is 105 cm³/mol. The molecule has 0 radical (unpaired) electrons. The van der Waals surface area contributed by atoms with E-state index in [-0.39, 0.29) is 11.8 Å². The van der Waals surface area contributed by atoms with E-state index in [0.717, 1.165) is 25.1 Å². The molecule has 1 atom stereocenters. The topological polar surface area (TPSA) is 20.3 Å². The fourth-order valence-electron chi connectivity index (χ4n) is 3.87. The van der Waals surface area contributed by atoms with Crippen molar-refractivity contribution >= 4 is 5.78 Å². The number of hydrogen-bond donors (Lipinski definition) is 0. The number of ketones is 1. The molecule has 1 aliphatic heterocycles. The molecule has 0 aromatic heterocycles. The van der Waals surface area contributed by atoms with Crippen molar-refractivity contribution in [2.45, 2.75) is 25.4 Å². The predicted octanol–water partition coefficient (Wildman–Crippen LogP) is 5.06. The molecule has 2 nitrogen and oxygen atoms in total. The van der Waals surface area contributed by atoms with Crippen molar-refractivity contribution in [2.24, 2.45) is 0 Å². The SMILES string of the molecule is O=C(CC1c2ccccc2CCN1Cc1ccccc1)c1ccccc1. The van der Waals surface area contributed by atoms with Gasteiger partial charge in [0.05, 0.1) is 0 Å². The summed E-state index contributed by atoms with van der Waals surface area (Å²) in [5.74, 6) is 0.213. The highest BCUT2D eigenvalue weighted by atomic mass is 16.1. The molecule has 1 unspecified atom stereocenters. The summed E-state index contributed by atoms with van der Waals surface area (Å²) < 4.78 is 0. The molecule has 0 bridgehead atoms. The molecule has 0 spiro atoms. The van der Waals surface area contributed by atoms with Gasteiger partial charge in [0, 0.05) is 31.1 Å². The maximum atomic E-state index is 12.9. The molecule has 3 aromatic carbocycles. The molecule has 0 aliphatic carbocycles. The molecule has 2 heteroatoms. The lowest BCUT2D eigenvalue weighted by molar-refractivity contribution is 0.0898. The monoisotopic (exact) mass is 341 g/mol. The Labute approximate surface area is 155 Å². The van der Waals surface area contributed by atoms with Gasteiger partial charge in [0.15, 0.2) is 5.78 Å². The zero-order valence-corrected chi connectivity index (χ0v) is 14.8. The summed E-state index contributed by atoms with van der Waals surface area (Å²) in [6.07, 6.45) is 1.56. The van der Waals surface area contributed by atoms with E-state index in [0.29, 0.717) is 6.42 Å². The van der Waals surface area contributed by atoms with E-state index < -0.39 is 0 Å². The number of nitrogens with zero attached hydrogens (tertiary/aromatic N) is 1. The minimum atomic E-state index is 0.132. The lowest BCUT2D eigenvalue weighted by atomic mass is 9.88. The number of benzene rings is 3. The Kier molecular flexibility index (Phi) is 4.94. The van der Waals surface area contributed by atoms with Crippen LogP contribution >= 0.6 is 0 Å². The van der Waals surface area contributed by atoms with Gasteiger partial charge in [-0.05, 0) is 23.1 Å². The van der Waals surface area contributed by atoms with Gasteiger partial charge in [-0.1, -0.05) is 84.9 Å². The fourth-order valence-corrected chi connectivity index (χ4v) is 3.87. The van der Waals surface area contributed by atoms with Crippen LogP contribution in [0.1, 0.15) is 39.5 Å². The summed E-state index contributed by atoms with van der Waals surface area (Å²) in [6, 6.07) is 28.9. The Morgan fingerprint density at radius 1 is 0.846 bits per heavy atom. The van der Waals surface area contributed by atoms with E-state index in [1.54, 1.807) is 0 Å². The van der Waals surface area contributed by atoms with Gasteiger partial charge in [-0.15, -0.1) is 0 Å². The molecule has 0 amide bonds. The molecule has 0 saturated heterocycles. The molecule has 3 aromatic rings. The maximum Gasteiger partial charge on any atom is 0.164 e. The normalized spacial score (nSPS) is 16.8. The molecule has 26 heavy (non-hydrogen) atoms. The summed E-state index contributed by atoms with van der Waals surface area (Å²) in [4.78, 5) is 15.4. The summed E-state index contributed by atoms with van der Waals surface area (Å²) in [5.41, 5.74) is 4.78. The summed E-state index contributed by atoms with van der Waals surface area (Å²) in [6.45, 7) is 1.86. The first-order valence-corrected chi connectivity index (χ1v) is 9.25. The molecule has 1 aliphatic rings. The van der Waals surface area contributed by atoms with Gasteiger partial charge in [0.1, 0.15) is 0 Å². The standard InChI is InChI=1S/C24H23NO/c26-24(21-12-5-2-6-13-21)17-23-22-14-8-7-11-20(22)15-16-25(23)18-19-9-3-1-4-10-19/h1-14,23H,15-18H2. The van der Waals surface area contributed by atoms with Crippen molar-refractivity contribution in [3.8, 4) is 0 Å². The quantitative estimate of drug-likeness (QED) is 0.605. The van der Waals surface area contributed by atoms with Crippen LogP contribution in [0.3, 0.4) is 0 Å². The summed E-state index contributed by atoms with van der Waals surface area (Å²) in [5, 5.41) is 0. The highest BCUT2D eigenvalue weighted by molar-refractivity contribution is 5.96. The fraction of sp³-hybridized carbons (Fsp3) is 0.208. The van der Waals surface area contributed by atoms with Gasteiger partial charge in [0.25, 0.3) is 0 Å². The largest absolute Gasteiger partial charge is 0.294 e. The lowest BCUT2D eigenvalue weighted by Gasteiger charge is -2.37. The van der Waals surface area contributed by atoms with Crippen LogP contribution in [0.4, 0.5) is 0 Å². The van der Waals surface area contributed by atoms with Gasteiger partial charge in [-0.3, -0.25) is 9.69 Å². The van der Waals surface area contributed by atoms with Crippen molar-refractivity contribution in [2.75, 3.05) is 6.54 Å². The lowest BCUT2D eigenvalue weighted by Crippen LogP contribution is -2.36. The zero-order valence-electron chi connectivity index (χ0n) is 14.8. The average Bonchev–Trinajstić information content (AvgIpc) is 2.71. The molecule has 1 heterocycles. The van der Waals surface area contributed by atoms with Gasteiger partial charge in [-0.25, -0.2) is 0 Å². The van der Waals surface area contributed by atoms with Gasteiger partial charge in [0.2, 0.25) is 0 Å². The highest BCUT2D eigenvalue weighted by Crippen LogP contribution is 2.34. The number of carbonyl (C=O) groups is 1. The van der Waals surface area contributed by atoms with Crippen LogP contribution in [0.2, 0.25) is 0 Å². The van der Waals surface area contributed by atoms with E-state index in [4.69, 9.17) is 0 Å². The van der Waals surface area contributed by atoms with E-state index >= 15 is 0 Å². The minimum absolute atomic E-state index is 0.132. The summed E-state index contributed by atoms with van der Waals surface area (Å²) in [7, 11) is 0. The van der Waals surface area contributed by atoms with Crippen LogP contribution in [0.5, 0.6) is 0 Å². The van der Waals surface area contributed by atoms with Crippen LogP contribution in [-0.2, 0) is 13.0 Å². The Morgan fingerprint density at radius 2 is 1.50 bits per heavy atom. The van der Waals surface area contributed by atoms with Crippen molar-refractivity contribution in [1.82, 2.24) is 4.90 Å². The number of rotatable bonds is 5. The molecular weight excluding hydrogens is 318 g/mol. The average molecular weight is 341 g/mol. The molecular formula is C24H23NO. The third kappa shape index (κ3) is 3.61. The minimum Gasteiger partial charge on any atom is -0.294 e. The number of carbonyl (C=O) groups excluding carboxylic acids is 1. The van der Waals surface area contributed by atoms with E-state index in [9.17, 15) is 4.79 Å². The first kappa shape index (κ1) is 16.7. The van der Waals surface area contributed by atoms with E-state index in [1.807, 2.05) is 36.4 Å². The van der Waals surface area contributed by atoms with Crippen LogP contribution in [-0.4, -0.2) is 17.2 Å². The van der Waals surface area contributed by atoms with Gasteiger partial charge < -0.3 is 0 Å². The van der Waals surface area contributed by atoms with Gasteiger partial charge in [-0.2, -0.15) is 0 Å². The van der Waals surface area contributed by atoms with Gasteiger partial charge >= 0.3 is 0 Å². The maximum absolute atomic E-state index is 12.9. The second-order valence-corrected chi connectivity index (χ2v) is 6.91. The number of hydrogen-bond acceptors (Lipinski definition) is 2. The molecule has 0 fully saturated rings. The Morgan fingerprint density at radius 3 is 2.27 bits per heavy atom. The summed E-state index contributed by atoms with van der Waals surface area (Å²) >= 11 is 0. The first-order chi connectivity index (χ1) is 12.8. The van der Waals surface area contributed by atoms with Crippen LogP contribution in [0, 0.1) is 0 Å². The number of fused-ring (bicyclic) bond motifs is 1. The highest BCUT2D eigenvalue weighted by Gasteiger charge is 2.29. The van der Waals surface area contributed by atoms with E-state index in [1.165, 1.54) is 16.7 Å². The molecule has 0 N–H and O–H groups in total. The third-order valence-corrected chi connectivity index (χ3v) is 5.23. The second kappa shape index (κ2) is 7.67. The van der Waals surface area contributed by atoms with Crippen molar-refractivity contribution in [1.29, 1.82) is 0 Å². The molecule has 130 valence electrons. The Hall–Kier alpha value is -2.71. The van der Waals surface area contributed by atoms with E-state index in [2.05, 4.69) is 53.4 Å². The zero-order chi connectivity index (χ0) is 17.8. The van der Waals surface area contributed by atoms with Crippen LogP contribution in [0.25, 0.3) is 0 Å². The third-order valence-electron chi connectivity index (χ3n) is 5.23. The first-order valence-electron chi connectivity index (χ1n) is 9.25. The Balaban J connectivity index is 1.62. The smallest absolute Gasteiger partial charge is 0.164 e.